The minimum absolute atomic E-state index is 0.183. The van der Waals surface area contributed by atoms with E-state index in [1.807, 2.05) is 19.1 Å². The summed E-state index contributed by atoms with van der Waals surface area (Å²) in [5.74, 6) is -0.183. The Kier molecular flexibility index (Phi) is 4.68. The lowest BCUT2D eigenvalue weighted by molar-refractivity contribution is 0.0948. The van der Waals surface area contributed by atoms with E-state index in [9.17, 15) is 4.79 Å². The second kappa shape index (κ2) is 6.88. The molecule has 0 aliphatic rings. The largest absolute Gasteiger partial charge is 0.374 e. The Balaban J connectivity index is 1.49. The number of rotatable bonds is 6. The number of thiophene rings is 1. The van der Waals surface area contributed by atoms with Gasteiger partial charge in [0, 0.05) is 17.8 Å². The maximum Gasteiger partial charge on any atom is 0.271 e. The molecule has 0 saturated carbocycles. The molecule has 0 fully saturated rings. The van der Waals surface area contributed by atoms with Crippen molar-refractivity contribution in [3.8, 4) is 10.6 Å². The van der Waals surface area contributed by atoms with Gasteiger partial charge in [-0.05, 0) is 31.5 Å². The molecule has 0 atom stereocenters. The molecular formula is C14H16N6OS2. The van der Waals surface area contributed by atoms with Crippen molar-refractivity contribution in [3.63, 3.8) is 0 Å². The number of hydrogen-bond acceptors (Lipinski definition) is 7. The molecule has 0 aliphatic heterocycles. The summed E-state index contributed by atoms with van der Waals surface area (Å²) >= 11 is 3.03. The second-order valence-corrected chi connectivity index (χ2v) is 7.35. The molecule has 0 saturated heterocycles. The number of carbonyl (C=O) groups excluding carboxylic acids is 1. The van der Waals surface area contributed by atoms with Crippen LogP contribution in [0.2, 0.25) is 0 Å². The Morgan fingerprint density at radius 2 is 2.22 bits per heavy atom. The standard InChI is InChI=1S/C14H16N6OS2/c1-8-4-5-11(22-8)9-7-10(18-17-9)13(21)16-6-2-3-12-19-20-14(15)23-12/h4-5,7H,2-3,6H2,1H3,(H2,15,20)(H,16,21)(H,17,18). The summed E-state index contributed by atoms with van der Waals surface area (Å²) in [5.41, 5.74) is 6.78. The van der Waals surface area contributed by atoms with Gasteiger partial charge in [-0.2, -0.15) is 5.10 Å². The van der Waals surface area contributed by atoms with Crippen LogP contribution in [0.3, 0.4) is 0 Å². The second-order valence-electron chi connectivity index (χ2n) is 4.97. The minimum atomic E-state index is -0.183. The van der Waals surface area contributed by atoms with Gasteiger partial charge in [0.1, 0.15) is 5.01 Å². The lowest BCUT2D eigenvalue weighted by Crippen LogP contribution is -2.25. The molecule has 23 heavy (non-hydrogen) atoms. The number of hydrogen-bond donors (Lipinski definition) is 3. The summed E-state index contributed by atoms with van der Waals surface area (Å²) in [6.07, 6.45) is 1.53. The van der Waals surface area contributed by atoms with Crippen molar-refractivity contribution in [2.24, 2.45) is 0 Å². The van der Waals surface area contributed by atoms with Gasteiger partial charge < -0.3 is 11.1 Å². The van der Waals surface area contributed by atoms with Crippen molar-refractivity contribution in [3.05, 3.63) is 33.8 Å². The van der Waals surface area contributed by atoms with Crippen molar-refractivity contribution < 1.29 is 4.79 Å². The number of nitrogen functional groups attached to an aromatic ring is 1. The molecule has 0 unspecified atom stereocenters. The van der Waals surface area contributed by atoms with Gasteiger partial charge in [0.05, 0.1) is 10.6 Å². The van der Waals surface area contributed by atoms with Gasteiger partial charge in [-0.25, -0.2) is 0 Å². The van der Waals surface area contributed by atoms with Crippen molar-refractivity contribution >= 4 is 33.7 Å². The fraction of sp³-hybridized carbons (Fsp3) is 0.286. The molecule has 7 nitrogen and oxygen atoms in total. The topological polar surface area (TPSA) is 110 Å². The first-order valence-corrected chi connectivity index (χ1v) is 8.73. The Hall–Kier alpha value is -2.26. The van der Waals surface area contributed by atoms with Crippen LogP contribution in [0.1, 0.15) is 26.8 Å². The smallest absolute Gasteiger partial charge is 0.271 e. The minimum Gasteiger partial charge on any atom is -0.374 e. The fourth-order valence-electron chi connectivity index (χ4n) is 2.04. The summed E-state index contributed by atoms with van der Waals surface area (Å²) in [7, 11) is 0. The van der Waals surface area contributed by atoms with Crippen LogP contribution in [-0.4, -0.2) is 32.8 Å². The predicted octanol–water partition coefficient (Wildman–Crippen LogP) is 2.24. The van der Waals surface area contributed by atoms with Crippen molar-refractivity contribution in [1.82, 2.24) is 25.7 Å². The fourth-order valence-corrected chi connectivity index (χ4v) is 3.53. The van der Waals surface area contributed by atoms with E-state index in [-0.39, 0.29) is 5.91 Å². The third kappa shape index (κ3) is 3.93. The van der Waals surface area contributed by atoms with Crippen LogP contribution in [0.5, 0.6) is 0 Å². The highest BCUT2D eigenvalue weighted by Gasteiger charge is 2.12. The van der Waals surface area contributed by atoms with Gasteiger partial charge in [-0.3, -0.25) is 9.89 Å². The quantitative estimate of drug-likeness (QED) is 0.592. The summed E-state index contributed by atoms with van der Waals surface area (Å²) in [5, 5.41) is 18.9. The highest BCUT2D eigenvalue weighted by molar-refractivity contribution is 7.15. The predicted molar refractivity (Wildman–Crippen MR) is 91.6 cm³/mol. The Morgan fingerprint density at radius 1 is 1.35 bits per heavy atom. The number of nitrogens with zero attached hydrogens (tertiary/aromatic N) is 3. The summed E-state index contributed by atoms with van der Waals surface area (Å²) in [6.45, 7) is 2.60. The van der Waals surface area contributed by atoms with Crippen molar-refractivity contribution in [1.29, 1.82) is 0 Å². The van der Waals surface area contributed by atoms with Crippen LogP contribution in [0.15, 0.2) is 18.2 Å². The van der Waals surface area contributed by atoms with Crippen LogP contribution in [-0.2, 0) is 6.42 Å². The number of aromatic nitrogens is 4. The molecule has 3 aromatic rings. The van der Waals surface area contributed by atoms with E-state index in [1.54, 1.807) is 17.4 Å². The van der Waals surface area contributed by atoms with Crippen LogP contribution in [0, 0.1) is 6.92 Å². The lowest BCUT2D eigenvalue weighted by Gasteiger charge is -2.01. The van der Waals surface area contributed by atoms with Crippen LogP contribution in [0.25, 0.3) is 10.6 Å². The lowest BCUT2D eigenvalue weighted by atomic mass is 10.3. The monoisotopic (exact) mass is 348 g/mol. The molecule has 0 bridgehead atoms. The summed E-state index contributed by atoms with van der Waals surface area (Å²) in [4.78, 5) is 14.4. The van der Waals surface area contributed by atoms with Gasteiger partial charge in [-0.1, -0.05) is 11.3 Å². The molecule has 0 aromatic carbocycles. The van der Waals surface area contributed by atoms with Gasteiger partial charge in [0.15, 0.2) is 5.69 Å². The molecule has 4 N–H and O–H groups in total. The SMILES string of the molecule is Cc1ccc(-c2cc(C(=O)NCCCc3nnc(N)s3)n[nH]2)s1. The Morgan fingerprint density at radius 3 is 2.91 bits per heavy atom. The molecule has 0 radical (unpaired) electrons. The third-order valence-electron chi connectivity index (χ3n) is 3.15. The highest BCUT2D eigenvalue weighted by Crippen LogP contribution is 2.26. The number of aryl methyl sites for hydroxylation is 2. The molecule has 3 rings (SSSR count). The molecule has 120 valence electrons. The molecule has 9 heteroatoms. The summed E-state index contributed by atoms with van der Waals surface area (Å²) in [6, 6.07) is 5.83. The van der Waals surface area contributed by atoms with Gasteiger partial charge in [0.25, 0.3) is 5.91 Å². The zero-order valence-electron chi connectivity index (χ0n) is 12.5. The van der Waals surface area contributed by atoms with E-state index >= 15 is 0 Å². The highest BCUT2D eigenvalue weighted by atomic mass is 32.1. The van der Waals surface area contributed by atoms with E-state index in [0.717, 1.165) is 28.4 Å². The Labute approximate surface area is 141 Å². The van der Waals surface area contributed by atoms with E-state index in [1.165, 1.54) is 16.2 Å². The maximum absolute atomic E-state index is 12.1. The first-order valence-electron chi connectivity index (χ1n) is 7.10. The zero-order chi connectivity index (χ0) is 16.2. The third-order valence-corrected chi connectivity index (χ3v) is 5.00. The summed E-state index contributed by atoms with van der Waals surface area (Å²) < 4.78 is 0. The molecule has 3 heterocycles. The first kappa shape index (κ1) is 15.6. The van der Waals surface area contributed by atoms with Crippen LogP contribution in [0.4, 0.5) is 5.13 Å². The molecule has 0 spiro atoms. The number of nitrogens with one attached hydrogen (secondary N) is 2. The number of anilines is 1. The zero-order valence-corrected chi connectivity index (χ0v) is 14.1. The number of amides is 1. The number of nitrogens with two attached hydrogens (primary N) is 1. The number of aromatic amines is 1. The number of carbonyl (C=O) groups is 1. The molecule has 3 aromatic heterocycles. The van der Waals surface area contributed by atoms with E-state index in [4.69, 9.17) is 5.73 Å². The molecular weight excluding hydrogens is 332 g/mol. The van der Waals surface area contributed by atoms with E-state index in [0.29, 0.717) is 17.4 Å². The Bertz CT molecular complexity index is 806. The normalized spacial score (nSPS) is 10.8. The molecule has 0 aliphatic carbocycles. The molecule has 1 amide bonds. The number of H-pyrrole nitrogens is 1. The van der Waals surface area contributed by atoms with Crippen LogP contribution >= 0.6 is 22.7 Å². The van der Waals surface area contributed by atoms with Crippen molar-refractivity contribution in [2.45, 2.75) is 19.8 Å². The van der Waals surface area contributed by atoms with Gasteiger partial charge in [-0.15, -0.1) is 21.5 Å². The average Bonchev–Trinajstić information content (AvgIpc) is 3.24. The van der Waals surface area contributed by atoms with Crippen LogP contribution < -0.4 is 11.1 Å². The van der Waals surface area contributed by atoms with Gasteiger partial charge in [0.2, 0.25) is 5.13 Å². The van der Waals surface area contributed by atoms with Gasteiger partial charge >= 0.3 is 0 Å². The van der Waals surface area contributed by atoms with E-state index in [2.05, 4.69) is 25.7 Å². The van der Waals surface area contributed by atoms with Crippen molar-refractivity contribution in [2.75, 3.05) is 12.3 Å². The average molecular weight is 348 g/mol. The first-order chi connectivity index (χ1) is 11.1. The van der Waals surface area contributed by atoms with E-state index < -0.39 is 0 Å². The maximum atomic E-state index is 12.1.